The molecule has 0 aliphatic carbocycles. The Bertz CT molecular complexity index is 414. The molecule has 0 saturated heterocycles. The van der Waals surface area contributed by atoms with Crippen molar-refractivity contribution in [3.63, 3.8) is 0 Å². The van der Waals surface area contributed by atoms with Gasteiger partial charge < -0.3 is 30.0 Å². The Balaban J connectivity index is 1.69. The molecular formula is C14H22N2O4. The molecule has 1 aromatic carbocycles. The number of methoxy groups -OCH3 is 1. The fourth-order valence-corrected chi connectivity index (χ4v) is 1.90. The van der Waals surface area contributed by atoms with E-state index in [1.165, 1.54) is 0 Å². The van der Waals surface area contributed by atoms with E-state index >= 15 is 0 Å². The summed E-state index contributed by atoms with van der Waals surface area (Å²) in [5, 5.41) is 3.29. The average molecular weight is 282 g/mol. The number of hydrogen-bond donors (Lipinski definition) is 2. The second-order valence-corrected chi connectivity index (χ2v) is 4.55. The molecule has 0 saturated carbocycles. The van der Waals surface area contributed by atoms with Crippen LogP contribution in [0.25, 0.3) is 0 Å². The quantitative estimate of drug-likeness (QED) is 0.576. The summed E-state index contributed by atoms with van der Waals surface area (Å²) in [7, 11) is 1.65. The molecule has 2 rings (SSSR count). The van der Waals surface area contributed by atoms with Crippen molar-refractivity contribution in [3.05, 3.63) is 18.2 Å². The maximum absolute atomic E-state index is 5.75. The molecule has 1 atom stereocenters. The monoisotopic (exact) mass is 282 g/mol. The number of nitrogen functional groups attached to an aromatic ring is 1. The van der Waals surface area contributed by atoms with E-state index < -0.39 is 0 Å². The molecule has 3 N–H and O–H groups in total. The van der Waals surface area contributed by atoms with E-state index in [1.807, 2.05) is 18.2 Å². The van der Waals surface area contributed by atoms with Gasteiger partial charge in [-0.05, 0) is 18.2 Å². The highest BCUT2D eigenvalue weighted by Gasteiger charge is 2.17. The minimum atomic E-state index is -0.00495. The molecule has 0 bridgehead atoms. The molecule has 1 aliphatic heterocycles. The number of ether oxygens (including phenoxy) is 4. The standard InChI is InChI=1S/C14H22N2O4/c1-17-4-5-18-6-7-19-12-9-16-13-8-11(15)2-3-14(13)20-10-12/h2-3,8,12,16H,4-7,9-10,15H2,1H3/t12-/m0/s1. The van der Waals surface area contributed by atoms with Gasteiger partial charge in [-0.3, -0.25) is 0 Å². The maximum Gasteiger partial charge on any atom is 0.142 e. The maximum atomic E-state index is 5.75. The van der Waals surface area contributed by atoms with E-state index in [1.54, 1.807) is 7.11 Å². The summed E-state index contributed by atoms with van der Waals surface area (Å²) >= 11 is 0. The largest absolute Gasteiger partial charge is 0.489 e. The Labute approximate surface area is 119 Å². The second-order valence-electron chi connectivity index (χ2n) is 4.55. The Hall–Kier alpha value is -1.50. The number of rotatable bonds is 7. The number of benzene rings is 1. The highest BCUT2D eigenvalue weighted by molar-refractivity contribution is 5.63. The van der Waals surface area contributed by atoms with Gasteiger partial charge in [0, 0.05) is 19.3 Å². The summed E-state index contributed by atoms with van der Waals surface area (Å²) < 4.78 is 21.7. The van der Waals surface area contributed by atoms with Gasteiger partial charge in [-0.2, -0.15) is 0 Å². The molecule has 0 radical (unpaired) electrons. The zero-order valence-electron chi connectivity index (χ0n) is 11.8. The van der Waals surface area contributed by atoms with E-state index in [4.69, 9.17) is 24.7 Å². The molecule has 0 unspecified atom stereocenters. The number of anilines is 2. The first-order valence-electron chi connectivity index (χ1n) is 6.74. The van der Waals surface area contributed by atoms with Crippen LogP contribution in [0.3, 0.4) is 0 Å². The lowest BCUT2D eigenvalue weighted by molar-refractivity contribution is -0.0151. The molecule has 1 heterocycles. The van der Waals surface area contributed by atoms with Crippen molar-refractivity contribution in [2.75, 3.05) is 57.7 Å². The van der Waals surface area contributed by atoms with Gasteiger partial charge >= 0.3 is 0 Å². The van der Waals surface area contributed by atoms with Crippen LogP contribution in [0.2, 0.25) is 0 Å². The van der Waals surface area contributed by atoms with E-state index in [0.717, 1.165) is 11.4 Å². The summed E-state index contributed by atoms with van der Waals surface area (Å²) in [6, 6.07) is 5.56. The van der Waals surface area contributed by atoms with Gasteiger partial charge in [0.1, 0.15) is 18.5 Å². The molecule has 0 spiro atoms. The minimum Gasteiger partial charge on any atom is -0.489 e. The highest BCUT2D eigenvalue weighted by atomic mass is 16.6. The van der Waals surface area contributed by atoms with Crippen molar-refractivity contribution in [1.82, 2.24) is 0 Å². The zero-order valence-corrected chi connectivity index (χ0v) is 11.8. The number of nitrogens with two attached hydrogens (primary N) is 1. The van der Waals surface area contributed by atoms with Gasteiger partial charge in [-0.1, -0.05) is 0 Å². The van der Waals surface area contributed by atoms with Crippen LogP contribution in [0, 0.1) is 0 Å². The third kappa shape index (κ3) is 4.56. The Morgan fingerprint density at radius 2 is 2.15 bits per heavy atom. The van der Waals surface area contributed by atoms with Crippen LogP contribution in [0.15, 0.2) is 18.2 Å². The van der Waals surface area contributed by atoms with Crippen molar-refractivity contribution in [2.24, 2.45) is 0 Å². The van der Waals surface area contributed by atoms with Crippen molar-refractivity contribution in [2.45, 2.75) is 6.10 Å². The predicted octanol–water partition coefficient (Wildman–Crippen LogP) is 1.12. The van der Waals surface area contributed by atoms with Crippen LogP contribution in [-0.2, 0) is 14.2 Å². The number of hydrogen-bond acceptors (Lipinski definition) is 6. The van der Waals surface area contributed by atoms with Gasteiger partial charge in [0.05, 0.1) is 32.1 Å². The molecule has 0 amide bonds. The van der Waals surface area contributed by atoms with Crippen molar-refractivity contribution < 1.29 is 18.9 Å². The van der Waals surface area contributed by atoms with E-state index in [9.17, 15) is 0 Å². The van der Waals surface area contributed by atoms with Gasteiger partial charge in [0.15, 0.2) is 0 Å². The van der Waals surface area contributed by atoms with E-state index in [0.29, 0.717) is 45.3 Å². The minimum absolute atomic E-state index is 0.00495. The first-order valence-corrected chi connectivity index (χ1v) is 6.74. The summed E-state index contributed by atoms with van der Waals surface area (Å²) in [6.07, 6.45) is -0.00495. The number of fused-ring (bicyclic) bond motifs is 1. The Morgan fingerprint density at radius 1 is 1.30 bits per heavy atom. The fourth-order valence-electron chi connectivity index (χ4n) is 1.90. The van der Waals surface area contributed by atoms with Crippen LogP contribution in [0.4, 0.5) is 11.4 Å². The third-order valence-electron chi connectivity index (χ3n) is 2.96. The molecule has 1 aromatic rings. The predicted molar refractivity (Wildman–Crippen MR) is 77.3 cm³/mol. The average Bonchev–Trinajstić information content (AvgIpc) is 2.65. The SMILES string of the molecule is COCCOCCO[C@H]1CNc2cc(N)ccc2OC1. The molecule has 112 valence electrons. The van der Waals surface area contributed by atoms with Crippen LogP contribution in [-0.4, -0.2) is 52.8 Å². The normalized spacial score (nSPS) is 17.8. The smallest absolute Gasteiger partial charge is 0.142 e. The molecule has 1 aliphatic rings. The molecule has 6 nitrogen and oxygen atoms in total. The first kappa shape index (κ1) is 14.9. The number of nitrogens with one attached hydrogen (secondary N) is 1. The van der Waals surface area contributed by atoms with Crippen LogP contribution < -0.4 is 15.8 Å². The molecule has 20 heavy (non-hydrogen) atoms. The van der Waals surface area contributed by atoms with Gasteiger partial charge in [0.25, 0.3) is 0 Å². The molecule has 6 heteroatoms. The topological polar surface area (TPSA) is 75.0 Å². The summed E-state index contributed by atoms with van der Waals surface area (Å²) in [6.45, 7) is 3.49. The van der Waals surface area contributed by atoms with Crippen LogP contribution in [0.1, 0.15) is 0 Å². The second kappa shape index (κ2) is 7.94. The molecule has 0 aromatic heterocycles. The van der Waals surface area contributed by atoms with E-state index in [-0.39, 0.29) is 6.10 Å². The zero-order chi connectivity index (χ0) is 14.2. The lowest BCUT2D eigenvalue weighted by atomic mass is 10.2. The van der Waals surface area contributed by atoms with Crippen molar-refractivity contribution in [1.29, 1.82) is 0 Å². The first-order chi connectivity index (χ1) is 9.79. The Kier molecular flexibility index (Phi) is 5.91. The third-order valence-corrected chi connectivity index (χ3v) is 2.96. The molecular weight excluding hydrogens is 260 g/mol. The van der Waals surface area contributed by atoms with Crippen molar-refractivity contribution in [3.8, 4) is 5.75 Å². The lowest BCUT2D eigenvalue weighted by Crippen LogP contribution is -2.28. The van der Waals surface area contributed by atoms with Gasteiger partial charge in [-0.25, -0.2) is 0 Å². The van der Waals surface area contributed by atoms with Gasteiger partial charge in [-0.15, -0.1) is 0 Å². The highest BCUT2D eigenvalue weighted by Crippen LogP contribution is 2.28. The summed E-state index contributed by atoms with van der Waals surface area (Å²) in [5.41, 5.74) is 7.38. The lowest BCUT2D eigenvalue weighted by Gasteiger charge is -2.15. The van der Waals surface area contributed by atoms with Gasteiger partial charge in [0.2, 0.25) is 0 Å². The summed E-state index contributed by atoms with van der Waals surface area (Å²) in [4.78, 5) is 0. The molecule has 0 fully saturated rings. The van der Waals surface area contributed by atoms with E-state index in [2.05, 4.69) is 5.32 Å². The Morgan fingerprint density at radius 3 is 3.00 bits per heavy atom. The van der Waals surface area contributed by atoms with Crippen molar-refractivity contribution >= 4 is 11.4 Å². The van der Waals surface area contributed by atoms with Crippen LogP contribution in [0.5, 0.6) is 5.75 Å². The summed E-state index contributed by atoms with van der Waals surface area (Å²) in [5.74, 6) is 0.807. The fraction of sp³-hybridized carbons (Fsp3) is 0.571. The van der Waals surface area contributed by atoms with Crippen LogP contribution >= 0.6 is 0 Å².